The van der Waals surface area contributed by atoms with Crippen LogP contribution in [0.5, 0.6) is 5.75 Å². The molecule has 2 aliphatic rings. The van der Waals surface area contributed by atoms with Crippen molar-refractivity contribution in [3.8, 4) is 5.75 Å². The lowest BCUT2D eigenvalue weighted by molar-refractivity contribution is -0.0911. The molecule has 4 nitrogen and oxygen atoms in total. The van der Waals surface area contributed by atoms with Crippen LogP contribution in [-0.4, -0.2) is 21.4 Å². The van der Waals surface area contributed by atoms with Gasteiger partial charge in [-0.2, -0.15) is 5.10 Å². The van der Waals surface area contributed by atoms with E-state index in [0.717, 1.165) is 23.4 Å². The minimum Gasteiger partial charge on any atom is -0.467 e. The molecule has 0 aliphatic carbocycles. The summed E-state index contributed by atoms with van der Waals surface area (Å²) in [6.07, 6.45) is 4.54. The third-order valence-electron chi connectivity index (χ3n) is 4.09. The Bertz CT molecular complexity index is 709. The molecule has 0 amide bonds. The Labute approximate surface area is 124 Å². The maximum absolute atomic E-state index is 6.12. The standard InChI is InChI=1S/C17H17N3O/c1-17(2)20-15(13-7-3-4-8-16(13)21-17)10-14(19-20)12-6-5-9-18-11-12/h3-9,11,15H,10H2,1-2H3/t15-/m1/s1. The summed E-state index contributed by atoms with van der Waals surface area (Å²) in [5.74, 6) is 0.964. The number of hydrogen-bond donors (Lipinski definition) is 0. The second-order valence-electron chi connectivity index (χ2n) is 5.94. The fraction of sp³-hybridized carbons (Fsp3) is 0.294. The predicted molar refractivity (Wildman–Crippen MR) is 81.1 cm³/mol. The Morgan fingerprint density at radius 2 is 2.05 bits per heavy atom. The van der Waals surface area contributed by atoms with Crippen LogP contribution in [0, 0.1) is 0 Å². The topological polar surface area (TPSA) is 37.7 Å². The molecule has 1 aromatic heterocycles. The molecule has 4 rings (SSSR count). The minimum atomic E-state index is -0.441. The van der Waals surface area contributed by atoms with Gasteiger partial charge in [0.05, 0.1) is 11.8 Å². The Morgan fingerprint density at radius 3 is 2.86 bits per heavy atom. The molecule has 0 unspecified atom stereocenters. The summed E-state index contributed by atoms with van der Waals surface area (Å²) in [6.45, 7) is 4.12. The van der Waals surface area contributed by atoms with E-state index in [1.54, 1.807) is 6.20 Å². The average Bonchev–Trinajstić information content (AvgIpc) is 2.94. The molecule has 0 N–H and O–H groups in total. The molecule has 4 heteroatoms. The van der Waals surface area contributed by atoms with Crippen LogP contribution >= 0.6 is 0 Å². The maximum atomic E-state index is 6.12. The van der Waals surface area contributed by atoms with Gasteiger partial charge in [-0.3, -0.25) is 4.98 Å². The van der Waals surface area contributed by atoms with E-state index in [4.69, 9.17) is 9.84 Å². The van der Waals surface area contributed by atoms with Crippen LogP contribution in [0.1, 0.15) is 37.4 Å². The first-order valence-corrected chi connectivity index (χ1v) is 7.20. The lowest BCUT2D eigenvalue weighted by atomic mass is 9.96. The number of para-hydroxylation sites is 1. The summed E-state index contributed by atoms with van der Waals surface area (Å²) in [7, 11) is 0. The van der Waals surface area contributed by atoms with Crippen LogP contribution < -0.4 is 4.74 Å². The number of rotatable bonds is 1. The molecule has 0 fully saturated rings. The first kappa shape index (κ1) is 12.4. The van der Waals surface area contributed by atoms with E-state index in [2.05, 4.69) is 42.0 Å². The SMILES string of the molecule is CC1(C)Oc2ccccc2[C@H]2CC(c3cccnc3)=NN21. The highest BCUT2D eigenvalue weighted by atomic mass is 16.5. The van der Waals surface area contributed by atoms with Gasteiger partial charge in [0.2, 0.25) is 0 Å². The number of nitrogens with zero attached hydrogens (tertiary/aromatic N) is 3. The monoisotopic (exact) mass is 279 g/mol. The molecule has 0 saturated heterocycles. The largest absolute Gasteiger partial charge is 0.467 e. The van der Waals surface area contributed by atoms with Crippen molar-refractivity contribution < 1.29 is 4.74 Å². The van der Waals surface area contributed by atoms with Crippen LogP contribution in [0.3, 0.4) is 0 Å². The van der Waals surface area contributed by atoms with Crippen LogP contribution in [0.2, 0.25) is 0 Å². The zero-order chi connectivity index (χ0) is 14.4. The van der Waals surface area contributed by atoms with Gasteiger partial charge in [0.15, 0.2) is 5.72 Å². The maximum Gasteiger partial charge on any atom is 0.192 e. The Hall–Kier alpha value is -2.36. The Balaban J connectivity index is 1.78. The van der Waals surface area contributed by atoms with E-state index >= 15 is 0 Å². The lowest BCUT2D eigenvalue weighted by Crippen LogP contribution is -2.48. The van der Waals surface area contributed by atoms with Gasteiger partial charge in [-0.15, -0.1) is 0 Å². The van der Waals surface area contributed by atoms with Crippen molar-refractivity contribution in [2.75, 3.05) is 0 Å². The molecular weight excluding hydrogens is 262 g/mol. The second kappa shape index (κ2) is 4.32. The number of benzene rings is 1. The summed E-state index contributed by atoms with van der Waals surface area (Å²) in [4.78, 5) is 4.20. The van der Waals surface area contributed by atoms with Crippen molar-refractivity contribution in [3.63, 3.8) is 0 Å². The average molecular weight is 279 g/mol. The molecule has 0 saturated carbocycles. The highest BCUT2D eigenvalue weighted by molar-refractivity contribution is 6.01. The highest BCUT2D eigenvalue weighted by Gasteiger charge is 2.44. The van der Waals surface area contributed by atoms with E-state index in [1.165, 1.54) is 5.56 Å². The summed E-state index contributed by atoms with van der Waals surface area (Å²) in [6, 6.07) is 12.5. The first-order valence-electron chi connectivity index (χ1n) is 7.20. The van der Waals surface area contributed by atoms with Gasteiger partial charge in [0.25, 0.3) is 0 Å². The summed E-state index contributed by atoms with van der Waals surface area (Å²) < 4.78 is 6.12. The van der Waals surface area contributed by atoms with Crippen LogP contribution in [0.25, 0.3) is 0 Å². The van der Waals surface area contributed by atoms with E-state index in [0.29, 0.717) is 0 Å². The highest BCUT2D eigenvalue weighted by Crippen LogP contribution is 2.46. The van der Waals surface area contributed by atoms with Crippen molar-refractivity contribution in [1.82, 2.24) is 9.99 Å². The summed E-state index contributed by atoms with van der Waals surface area (Å²) in [5.41, 5.74) is 2.92. The third-order valence-corrected chi connectivity index (χ3v) is 4.09. The summed E-state index contributed by atoms with van der Waals surface area (Å²) >= 11 is 0. The smallest absolute Gasteiger partial charge is 0.192 e. The van der Waals surface area contributed by atoms with Crippen molar-refractivity contribution in [1.29, 1.82) is 0 Å². The molecular formula is C17H17N3O. The molecule has 0 radical (unpaired) electrons. The van der Waals surface area contributed by atoms with Gasteiger partial charge >= 0.3 is 0 Å². The molecule has 1 atom stereocenters. The van der Waals surface area contributed by atoms with Crippen LogP contribution in [-0.2, 0) is 0 Å². The molecule has 0 bridgehead atoms. The van der Waals surface area contributed by atoms with Gasteiger partial charge < -0.3 is 4.74 Å². The lowest BCUT2D eigenvalue weighted by Gasteiger charge is -2.43. The van der Waals surface area contributed by atoms with Gasteiger partial charge in [0, 0.05) is 29.9 Å². The zero-order valence-electron chi connectivity index (χ0n) is 12.2. The molecule has 2 aromatic rings. The molecule has 1 aromatic carbocycles. The van der Waals surface area contributed by atoms with Crippen LogP contribution in [0.15, 0.2) is 53.9 Å². The molecule has 3 heterocycles. The number of hydrazone groups is 1. The van der Waals surface area contributed by atoms with E-state index in [1.807, 2.05) is 24.4 Å². The number of hydrogen-bond acceptors (Lipinski definition) is 4. The quantitative estimate of drug-likeness (QED) is 0.803. The molecule has 106 valence electrons. The molecule has 0 spiro atoms. The predicted octanol–water partition coefficient (Wildman–Crippen LogP) is 3.36. The summed E-state index contributed by atoms with van der Waals surface area (Å²) in [5, 5.41) is 6.90. The van der Waals surface area contributed by atoms with E-state index in [-0.39, 0.29) is 6.04 Å². The number of pyridine rings is 1. The van der Waals surface area contributed by atoms with Crippen molar-refractivity contribution in [3.05, 3.63) is 59.9 Å². The number of ether oxygens (including phenoxy) is 1. The van der Waals surface area contributed by atoms with Gasteiger partial charge in [-0.1, -0.05) is 24.3 Å². The minimum absolute atomic E-state index is 0.236. The first-order chi connectivity index (χ1) is 10.1. The van der Waals surface area contributed by atoms with Gasteiger partial charge in [-0.05, 0) is 26.0 Å². The molecule has 2 aliphatic heterocycles. The fourth-order valence-corrected chi connectivity index (χ4v) is 3.12. The van der Waals surface area contributed by atoms with Gasteiger partial charge in [-0.25, -0.2) is 5.01 Å². The normalized spacial score (nSPS) is 22.1. The second-order valence-corrected chi connectivity index (χ2v) is 5.94. The zero-order valence-corrected chi connectivity index (χ0v) is 12.2. The van der Waals surface area contributed by atoms with E-state index in [9.17, 15) is 0 Å². The van der Waals surface area contributed by atoms with Crippen molar-refractivity contribution in [2.45, 2.75) is 32.0 Å². The number of fused-ring (bicyclic) bond motifs is 3. The third kappa shape index (κ3) is 1.90. The Morgan fingerprint density at radius 1 is 1.19 bits per heavy atom. The number of aromatic nitrogens is 1. The van der Waals surface area contributed by atoms with Crippen molar-refractivity contribution >= 4 is 5.71 Å². The molecule has 21 heavy (non-hydrogen) atoms. The van der Waals surface area contributed by atoms with E-state index < -0.39 is 5.72 Å². The van der Waals surface area contributed by atoms with Gasteiger partial charge in [0.1, 0.15) is 5.75 Å². The van der Waals surface area contributed by atoms with Crippen LogP contribution in [0.4, 0.5) is 0 Å². The Kier molecular flexibility index (Phi) is 2.55. The fourth-order valence-electron chi connectivity index (χ4n) is 3.12. The van der Waals surface area contributed by atoms with Crippen molar-refractivity contribution in [2.24, 2.45) is 5.10 Å².